The van der Waals surface area contributed by atoms with Crippen LogP contribution in [0.2, 0.25) is 0 Å². The number of benzene rings is 1. The monoisotopic (exact) mass is 276 g/mol. The topological polar surface area (TPSA) is 51.2 Å². The van der Waals surface area contributed by atoms with Crippen molar-refractivity contribution < 1.29 is 9.53 Å². The quantitative estimate of drug-likeness (QED) is 0.853. The Balaban J connectivity index is 2.17. The molecular formula is C14H16N2O2S. The lowest BCUT2D eigenvalue weighted by Crippen LogP contribution is -2.31. The SMILES string of the molecule is COC(=O)C(NC(C)c1cncs1)c1ccccc1. The summed E-state index contributed by atoms with van der Waals surface area (Å²) in [7, 11) is 1.40. The fraction of sp³-hybridized carbons (Fsp3) is 0.286. The van der Waals surface area contributed by atoms with Gasteiger partial charge in [0.2, 0.25) is 0 Å². The van der Waals surface area contributed by atoms with Gasteiger partial charge in [-0.15, -0.1) is 11.3 Å². The van der Waals surface area contributed by atoms with Crippen LogP contribution < -0.4 is 5.32 Å². The third-order valence-electron chi connectivity index (χ3n) is 2.86. The molecule has 0 radical (unpaired) electrons. The van der Waals surface area contributed by atoms with Crippen LogP contribution in [0.3, 0.4) is 0 Å². The van der Waals surface area contributed by atoms with E-state index in [-0.39, 0.29) is 12.0 Å². The zero-order valence-electron chi connectivity index (χ0n) is 10.9. The molecule has 0 saturated heterocycles. The smallest absolute Gasteiger partial charge is 0.327 e. The van der Waals surface area contributed by atoms with E-state index >= 15 is 0 Å². The molecule has 2 aromatic rings. The molecule has 0 spiro atoms. The van der Waals surface area contributed by atoms with Crippen LogP contribution >= 0.6 is 11.3 Å². The summed E-state index contributed by atoms with van der Waals surface area (Å²) in [6.45, 7) is 2.01. The first kappa shape index (κ1) is 13.7. The van der Waals surface area contributed by atoms with Gasteiger partial charge in [-0.25, -0.2) is 4.79 Å². The molecular weight excluding hydrogens is 260 g/mol. The van der Waals surface area contributed by atoms with Crippen molar-refractivity contribution in [1.29, 1.82) is 0 Å². The number of esters is 1. The average Bonchev–Trinajstić information content (AvgIpc) is 2.99. The van der Waals surface area contributed by atoms with Gasteiger partial charge in [-0.2, -0.15) is 0 Å². The summed E-state index contributed by atoms with van der Waals surface area (Å²) in [4.78, 5) is 17.1. The zero-order chi connectivity index (χ0) is 13.7. The normalized spacial score (nSPS) is 13.8. The number of thiazole rings is 1. The minimum absolute atomic E-state index is 0.0387. The lowest BCUT2D eigenvalue weighted by Gasteiger charge is -2.20. The maximum Gasteiger partial charge on any atom is 0.327 e. The highest BCUT2D eigenvalue weighted by atomic mass is 32.1. The van der Waals surface area contributed by atoms with Crippen molar-refractivity contribution in [1.82, 2.24) is 10.3 Å². The first-order chi connectivity index (χ1) is 9.22. The molecule has 1 aromatic carbocycles. The van der Waals surface area contributed by atoms with E-state index in [4.69, 9.17) is 4.74 Å². The Morgan fingerprint density at radius 1 is 1.37 bits per heavy atom. The molecule has 2 atom stereocenters. The van der Waals surface area contributed by atoms with E-state index in [0.717, 1.165) is 10.4 Å². The number of methoxy groups -OCH3 is 1. The predicted molar refractivity (Wildman–Crippen MR) is 74.9 cm³/mol. The van der Waals surface area contributed by atoms with E-state index in [1.807, 2.05) is 43.5 Å². The van der Waals surface area contributed by atoms with Crippen molar-refractivity contribution in [2.45, 2.75) is 19.0 Å². The van der Waals surface area contributed by atoms with Gasteiger partial charge in [-0.05, 0) is 12.5 Å². The number of carbonyl (C=O) groups excluding carboxylic acids is 1. The molecule has 0 aliphatic carbocycles. The molecule has 4 nitrogen and oxygen atoms in total. The Morgan fingerprint density at radius 3 is 2.68 bits per heavy atom. The number of rotatable bonds is 5. The number of carbonyl (C=O) groups is 1. The standard InChI is InChI=1S/C14H16N2O2S/c1-10(12-8-15-9-19-12)16-13(14(17)18-2)11-6-4-3-5-7-11/h3-10,13,16H,1-2H3. The van der Waals surface area contributed by atoms with Crippen LogP contribution in [0.1, 0.15) is 29.4 Å². The summed E-state index contributed by atoms with van der Waals surface area (Å²) in [6.07, 6.45) is 1.81. The molecule has 2 unspecified atom stereocenters. The van der Waals surface area contributed by atoms with Crippen LogP contribution in [0.4, 0.5) is 0 Å². The maximum absolute atomic E-state index is 11.9. The third kappa shape index (κ3) is 3.39. The number of aromatic nitrogens is 1. The van der Waals surface area contributed by atoms with E-state index in [9.17, 15) is 4.79 Å². The summed E-state index contributed by atoms with van der Waals surface area (Å²) in [6, 6.07) is 9.13. The van der Waals surface area contributed by atoms with Crippen molar-refractivity contribution in [2.75, 3.05) is 7.11 Å². The van der Waals surface area contributed by atoms with Crippen molar-refractivity contribution in [2.24, 2.45) is 0 Å². The first-order valence-electron chi connectivity index (χ1n) is 5.99. The molecule has 0 fully saturated rings. The van der Waals surface area contributed by atoms with Gasteiger partial charge >= 0.3 is 5.97 Å². The van der Waals surface area contributed by atoms with Crippen molar-refractivity contribution in [3.63, 3.8) is 0 Å². The van der Waals surface area contributed by atoms with Gasteiger partial charge in [-0.1, -0.05) is 30.3 Å². The summed E-state index contributed by atoms with van der Waals surface area (Å²) in [5.41, 5.74) is 2.68. The molecule has 1 aromatic heterocycles. The lowest BCUT2D eigenvalue weighted by molar-refractivity contribution is -0.143. The average molecular weight is 276 g/mol. The number of hydrogen-bond donors (Lipinski definition) is 1. The van der Waals surface area contributed by atoms with Gasteiger partial charge in [0.1, 0.15) is 6.04 Å². The first-order valence-corrected chi connectivity index (χ1v) is 6.87. The van der Waals surface area contributed by atoms with E-state index < -0.39 is 6.04 Å². The summed E-state index contributed by atoms with van der Waals surface area (Å²) < 4.78 is 4.87. The van der Waals surface area contributed by atoms with Gasteiger partial charge < -0.3 is 4.74 Å². The largest absolute Gasteiger partial charge is 0.468 e. The summed E-state index contributed by atoms with van der Waals surface area (Å²) >= 11 is 1.56. The second kappa shape index (κ2) is 6.45. The number of nitrogens with zero attached hydrogens (tertiary/aromatic N) is 1. The van der Waals surface area contributed by atoms with Crippen LogP contribution in [0.15, 0.2) is 42.0 Å². The number of ether oxygens (including phenoxy) is 1. The second-order valence-corrected chi connectivity index (χ2v) is 5.08. The predicted octanol–water partition coefficient (Wildman–Crippen LogP) is 2.71. The van der Waals surface area contributed by atoms with Gasteiger partial charge in [0.05, 0.1) is 12.6 Å². The molecule has 1 N–H and O–H groups in total. The van der Waals surface area contributed by atoms with Crippen LogP contribution in [0.5, 0.6) is 0 Å². The van der Waals surface area contributed by atoms with Crippen molar-refractivity contribution in [3.05, 3.63) is 52.5 Å². The third-order valence-corrected chi connectivity index (χ3v) is 3.82. The molecule has 1 heterocycles. The minimum Gasteiger partial charge on any atom is -0.468 e. The van der Waals surface area contributed by atoms with Crippen molar-refractivity contribution >= 4 is 17.3 Å². The Hall–Kier alpha value is -1.72. The highest BCUT2D eigenvalue weighted by Gasteiger charge is 2.23. The molecule has 0 amide bonds. The van der Waals surface area contributed by atoms with Crippen LogP contribution in [-0.2, 0) is 9.53 Å². The Kier molecular flexibility index (Phi) is 4.65. The molecule has 2 rings (SSSR count). The fourth-order valence-electron chi connectivity index (χ4n) is 1.84. The Labute approximate surface area is 116 Å². The van der Waals surface area contributed by atoms with Crippen LogP contribution in [0, 0.1) is 0 Å². The highest BCUT2D eigenvalue weighted by Crippen LogP contribution is 2.22. The van der Waals surface area contributed by atoms with Gasteiger partial charge in [0, 0.05) is 17.1 Å². The fourth-order valence-corrected chi connectivity index (χ4v) is 2.47. The van der Waals surface area contributed by atoms with E-state index in [1.165, 1.54) is 7.11 Å². The molecule has 0 aliphatic rings. The lowest BCUT2D eigenvalue weighted by atomic mass is 10.1. The van der Waals surface area contributed by atoms with Crippen LogP contribution in [0.25, 0.3) is 0 Å². The maximum atomic E-state index is 11.9. The van der Waals surface area contributed by atoms with E-state index in [1.54, 1.807) is 16.8 Å². The zero-order valence-corrected chi connectivity index (χ0v) is 11.7. The van der Waals surface area contributed by atoms with Crippen LogP contribution in [-0.4, -0.2) is 18.1 Å². The molecule has 5 heteroatoms. The molecule has 0 saturated carbocycles. The number of hydrogen-bond acceptors (Lipinski definition) is 5. The Bertz CT molecular complexity index is 514. The molecule has 19 heavy (non-hydrogen) atoms. The van der Waals surface area contributed by atoms with Gasteiger partial charge in [-0.3, -0.25) is 10.3 Å². The number of nitrogens with one attached hydrogen (secondary N) is 1. The second-order valence-electron chi connectivity index (χ2n) is 4.16. The highest BCUT2D eigenvalue weighted by molar-refractivity contribution is 7.09. The minimum atomic E-state index is -0.469. The van der Waals surface area contributed by atoms with E-state index in [0.29, 0.717) is 0 Å². The summed E-state index contributed by atoms with van der Waals surface area (Å²) in [5.74, 6) is -0.289. The van der Waals surface area contributed by atoms with Gasteiger partial charge in [0.25, 0.3) is 0 Å². The van der Waals surface area contributed by atoms with E-state index in [2.05, 4.69) is 10.3 Å². The van der Waals surface area contributed by atoms with Gasteiger partial charge in [0.15, 0.2) is 0 Å². The molecule has 0 bridgehead atoms. The summed E-state index contributed by atoms with van der Waals surface area (Å²) in [5, 5.41) is 3.28. The molecule has 100 valence electrons. The van der Waals surface area contributed by atoms with Crippen molar-refractivity contribution in [3.8, 4) is 0 Å². The molecule has 0 aliphatic heterocycles. The Morgan fingerprint density at radius 2 is 2.11 bits per heavy atom.